The second-order valence-corrected chi connectivity index (χ2v) is 8.86. The van der Waals surface area contributed by atoms with E-state index in [1.165, 1.54) is 0 Å². The summed E-state index contributed by atoms with van der Waals surface area (Å²) in [7, 11) is -1.31. The third kappa shape index (κ3) is 4.85. The zero-order valence-electron chi connectivity index (χ0n) is 14.5. The van der Waals surface area contributed by atoms with Crippen molar-refractivity contribution in [1.29, 1.82) is 0 Å². The van der Waals surface area contributed by atoms with Gasteiger partial charge in [-0.1, -0.05) is 6.07 Å². The van der Waals surface area contributed by atoms with Gasteiger partial charge >= 0.3 is 0 Å². The summed E-state index contributed by atoms with van der Waals surface area (Å²) < 4.78 is 28.2. The van der Waals surface area contributed by atoms with Gasteiger partial charge in [-0.15, -0.1) is 0 Å². The van der Waals surface area contributed by atoms with E-state index in [1.54, 1.807) is 7.11 Å². The number of piperazine rings is 1. The SMILES string of the molecule is COc1cccc(N2CCN(CC(=O)N[C@H]3CCS(=O)(=O)C3)CC2)c1. The van der Waals surface area contributed by atoms with Crippen LogP contribution in [0.4, 0.5) is 5.69 Å². The maximum absolute atomic E-state index is 12.1. The highest BCUT2D eigenvalue weighted by Gasteiger charge is 2.29. The van der Waals surface area contributed by atoms with Gasteiger partial charge in [0.25, 0.3) is 0 Å². The van der Waals surface area contributed by atoms with Crippen LogP contribution in [0.5, 0.6) is 5.75 Å². The summed E-state index contributed by atoms with van der Waals surface area (Å²) in [5, 5.41) is 2.85. The van der Waals surface area contributed by atoms with Crippen LogP contribution < -0.4 is 15.0 Å². The van der Waals surface area contributed by atoms with Gasteiger partial charge in [0.2, 0.25) is 5.91 Å². The third-order valence-electron chi connectivity index (χ3n) is 4.76. The predicted octanol–water partition coefficient (Wildman–Crippen LogP) is 0.121. The van der Waals surface area contributed by atoms with E-state index >= 15 is 0 Å². The van der Waals surface area contributed by atoms with Gasteiger partial charge in [0.1, 0.15) is 5.75 Å². The molecule has 2 fully saturated rings. The molecule has 0 saturated carbocycles. The number of hydrogen-bond acceptors (Lipinski definition) is 6. The summed E-state index contributed by atoms with van der Waals surface area (Å²) in [5.41, 5.74) is 1.12. The number of benzene rings is 1. The smallest absolute Gasteiger partial charge is 0.234 e. The molecule has 2 saturated heterocycles. The van der Waals surface area contributed by atoms with Gasteiger partial charge in [-0.3, -0.25) is 9.69 Å². The molecule has 0 aromatic heterocycles. The van der Waals surface area contributed by atoms with E-state index in [0.29, 0.717) is 13.0 Å². The lowest BCUT2D eigenvalue weighted by molar-refractivity contribution is -0.122. The summed E-state index contributed by atoms with van der Waals surface area (Å²) in [5.74, 6) is 1.00. The van der Waals surface area contributed by atoms with Crippen molar-refractivity contribution in [2.45, 2.75) is 12.5 Å². The first-order valence-corrected chi connectivity index (χ1v) is 10.4. The minimum Gasteiger partial charge on any atom is -0.497 e. The molecule has 2 aliphatic rings. The van der Waals surface area contributed by atoms with Gasteiger partial charge in [0.15, 0.2) is 9.84 Å². The molecule has 1 atom stereocenters. The largest absolute Gasteiger partial charge is 0.497 e. The zero-order valence-corrected chi connectivity index (χ0v) is 15.3. The Balaban J connectivity index is 1.45. The molecule has 138 valence electrons. The van der Waals surface area contributed by atoms with Gasteiger partial charge in [-0.25, -0.2) is 8.42 Å². The number of ether oxygens (including phenoxy) is 1. The fourth-order valence-corrected chi connectivity index (χ4v) is 5.03. The number of sulfone groups is 1. The number of carbonyl (C=O) groups excluding carboxylic acids is 1. The summed E-state index contributed by atoms with van der Waals surface area (Å²) in [6, 6.07) is 7.75. The molecule has 0 unspecified atom stereocenters. The van der Waals surface area contributed by atoms with Crippen LogP contribution >= 0.6 is 0 Å². The first-order chi connectivity index (χ1) is 11.9. The Kier molecular flexibility index (Phi) is 5.48. The Morgan fingerprint density at radius 3 is 2.68 bits per heavy atom. The monoisotopic (exact) mass is 367 g/mol. The predicted molar refractivity (Wildman–Crippen MR) is 96.8 cm³/mol. The van der Waals surface area contributed by atoms with Gasteiger partial charge in [-0.2, -0.15) is 0 Å². The van der Waals surface area contributed by atoms with E-state index < -0.39 is 9.84 Å². The Hall–Kier alpha value is -1.80. The molecule has 25 heavy (non-hydrogen) atoms. The van der Waals surface area contributed by atoms with Crippen LogP contribution in [0, 0.1) is 0 Å². The topological polar surface area (TPSA) is 79.0 Å². The fraction of sp³-hybridized carbons (Fsp3) is 0.588. The highest BCUT2D eigenvalue weighted by molar-refractivity contribution is 7.91. The van der Waals surface area contributed by atoms with E-state index in [4.69, 9.17) is 4.74 Å². The summed E-state index contributed by atoms with van der Waals surface area (Å²) in [6.45, 7) is 3.61. The molecule has 0 aliphatic carbocycles. The highest BCUT2D eigenvalue weighted by Crippen LogP contribution is 2.22. The second-order valence-electron chi connectivity index (χ2n) is 6.63. The third-order valence-corrected chi connectivity index (χ3v) is 6.52. The minimum atomic E-state index is -2.96. The Morgan fingerprint density at radius 2 is 2.04 bits per heavy atom. The summed E-state index contributed by atoms with van der Waals surface area (Å²) in [6.07, 6.45) is 0.525. The minimum absolute atomic E-state index is 0.0718. The van der Waals surface area contributed by atoms with Crippen molar-refractivity contribution in [3.63, 3.8) is 0 Å². The van der Waals surface area contributed by atoms with Crippen LogP contribution in [-0.2, 0) is 14.6 Å². The molecule has 2 aliphatic heterocycles. The van der Waals surface area contributed by atoms with E-state index in [1.807, 2.05) is 18.2 Å². The molecule has 8 heteroatoms. The van der Waals surface area contributed by atoms with Gasteiger partial charge in [-0.05, 0) is 18.6 Å². The van der Waals surface area contributed by atoms with Gasteiger partial charge in [0, 0.05) is 44.0 Å². The number of hydrogen-bond donors (Lipinski definition) is 1. The molecule has 1 amide bonds. The van der Waals surface area contributed by atoms with Crippen molar-refractivity contribution < 1.29 is 17.9 Å². The Labute approximate surface area is 148 Å². The molecule has 3 rings (SSSR count). The molecular formula is C17H25N3O4S. The van der Waals surface area contributed by atoms with E-state index in [2.05, 4.69) is 21.2 Å². The number of carbonyl (C=O) groups is 1. The maximum atomic E-state index is 12.1. The maximum Gasteiger partial charge on any atom is 0.234 e. The zero-order chi connectivity index (χ0) is 17.9. The van der Waals surface area contributed by atoms with E-state index in [9.17, 15) is 13.2 Å². The molecule has 7 nitrogen and oxygen atoms in total. The molecular weight excluding hydrogens is 342 g/mol. The lowest BCUT2D eigenvalue weighted by Gasteiger charge is -2.36. The van der Waals surface area contributed by atoms with Crippen molar-refractivity contribution in [2.24, 2.45) is 0 Å². The van der Waals surface area contributed by atoms with Gasteiger partial charge in [0.05, 0.1) is 25.2 Å². The molecule has 2 heterocycles. The van der Waals surface area contributed by atoms with Gasteiger partial charge < -0.3 is 15.0 Å². The van der Waals surface area contributed by atoms with E-state index in [0.717, 1.165) is 37.6 Å². The lowest BCUT2D eigenvalue weighted by atomic mass is 10.2. The van der Waals surface area contributed by atoms with Crippen molar-refractivity contribution >= 4 is 21.4 Å². The lowest BCUT2D eigenvalue weighted by Crippen LogP contribution is -2.50. The van der Waals surface area contributed by atoms with Crippen LogP contribution in [0.1, 0.15) is 6.42 Å². The van der Waals surface area contributed by atoms with Crippen LogP contribution in [0.25, 0.3) is 0 Å². The van der Waals surface area contributed by atoms with Crippen molar-refractivity contribution in [2.75, 3.05) is 56.2 Å². The summed E-state index contributed by atoms with van der Waals surface area (Å²) in [4.78, 5) is 16.5. The number of rotatable bonds is 5. The standard InChI is InChI=1S/C17H25N3O4S/c1-24-16-4-2-3-15(11-16)20-8-6-19(7-9-20)12-17(21)18-14-5-10-25(22,23)13-14/h2-4,11,14H,5-10,12-13H2,1H3,(H,18,21)/t14-/m0/s1. The quantitative estimate of drug-likeness (QED) is 0.796. The van der Waals surface area contributed by atoms with Crippen LogP contribution in [0.15, 0.2) is 24.3 Å². The number of nitrogens with one attached hydrogen (secondary N) is 1. The average Bonchev–Trinajstić information content (AvgIpc) is 2.94. The number of anilines is 1. The highest BCUT2D eigenvalue weighted by atomic mass is 32.2. The fourth-order valence-electron chi connectivity index (χ4n) is 3.36. The van der Waals surface area contributed by atoms with Crippen molar-refractivity contribution in [1.82, 2.24) is 10.2 Å². The number of nitrogens with zero attached hydrogens (tertiary/aromatic N) is 2. The molecule has 1 aromatic carbocycles. The molecule has 0 spiro atoms. The average molecular weight is 367 g/mol. The Bertz CT molecular complexity index is 714. The van der Waals surface area contributed by atoms with E-state index in [-0.39, 0.29) is 23.5 Å². The molecule has 0 radical (unpaired) electrons. The summed E-state index contributed by atoms with van der Waals surface area (Å²) >= 11 is 0. The molecule has 1 N–H and O–H groups in total. The normalized spacial score (nSPS) is 23.4. The van der Waals surface area contributed by atoms with Crippen molar-refractivity contribution in [3.05, 3.63) is 24.3 Å². The number of amides is 1. The molecule has 0 bridgehead atoms. The van der Waals surface area contributed by atoms with Crippen LogP contribution in [0.3, 0.4) is 0 Å². The van der Waals surface area contributed by atoms with Crippen LogP contribution in [0.2, 0.25) is 0 Å². The van der Waals surface area contributed by atoms with Crippen molar-refractivity contribution in [3.8, 4) is 5.75 Å². The first-order valence-electron chi connectivity index (χ1n) is 8.56. The molecule has 1 aromatic rings. The Morgan fingerprint density at radius 1 is 1.28 bits per heavy atom. The van der Waals surface area contributed by atoms with Crippen LogP contribution in [-0.4, -0.2) is 76.6 Å². The second kappa shape index (κ2) is 7.61. The first kappa shape index (κ1) is 18.0. The number of methoxy groups -OCH3 is 1.